The van der Waals surface area contributed by atoms with Crippen molar-refractivity contribution in [2.75, 3.05) is 11.6 Å². The highest BCUT2D eigenvalue weighted by Gasteiger charge is 2.13. The van der Waals surface area contributed by atoms with Crippen molar-refractivity contribution in [2.24, 2.45) is 0 Å². The predicted octanol–water partition coefficient (Wildman–Crippen LogP) is 2.72. The van der Waals surface area contributed by atoms with Crippen LogP contribution < -0.4 is 5.84 Å². The second-order valence-electron chi connectivity index (χ2n) is 5.34. The van der Waals surface area contributed by atoms with Gasteiger partial charge in [0, 0.05) is 18.5 Å². The van der Waals surface area contributed by atoms with Gasteiger partial charge < -0.3 is 10.3 Å². The highest BCUT2D eigenvalue weighted by atomic mass is 32.2. The molecule has 0 spiro atoms. The number of nitrogens with zero attached hydrogens (tertiary/aromatic N) is 5. The molecular formula is C15H20N6OS. The van der Waals surface area contributed by atoms with Crippen molar-refractivity contribution in [1.29, 1.82) is 0 Å². The van der Waals surface area contributed by atoms with Crippen molar-refractivity contribution < 1.29 is 4.42 Å². The van der Waals surface area contributed by atoms with Crippen LogP contribution in [0.25, 0.3) is 11.6 Å². The van der Waals surface area contributed by atoms with Crippen LogP contribution in [0.15, 0.2) is 40.4 Å². The van der Waals surface area contributed by atoms with Gasteiger partial charge in [-0.25, -0.2) is 4.68 Å². The lowest BCUT2D eigenvalue weighted by Gasteiger charge is -2.03. The van der Waals surface area contributed by atoms with Gasteiger partial charge in [0.1, 0.15) is 0 Å². The largest absolute Gasteiger partial charge is 0.461 e. The molecule has 0 unspecified atom stereocenters. The van der Waals surface area contributed by atoms with Crippen LogP contribution in [0.4, 0.5) is 0 Å². The van der Waals surface area contributed by atoms with E-state index in [1.165, 1.54) is 10.2 Å². The minimum Gasteiger partial charge on any atom is -0.461 e. The van der Waals surface area contributed by atoms with Crippen LogP contribution in [-0.2, 0) is 6.54 Å². The van der Waals surface area contributed by atoms with Gasteiger partial charge in [-0.1, -0.05) is 18.2 Å². The van der Waals surface area contributed by atoms with Crippen molar-refractivity contribution in [3.8, 4) is 11.6 Å². The molecule has 0 saturated heterocycles. The van der Waals surface area contributed by atoms with E-state index in [9.17, 15) is 0 Å². The Kier molecular flexibility index (Phi) is 5.02. The summed E-state index contributed by atoms with van der Waals surface area (Å²) in [6.45, 7) is 3.02. The molecule has 122 valence electrons. The van der Waals surface area contributed by atoms with E-state index in [0.717, 1.165) is 31.6 Å². The molecule has 0 atom stereocenters. The van der Waals surface area contributed by atoms with E-state index >= 15 is 0 Å². The summed E-state index contributed by atoms with van der Waals surface area (Å²) in [6, 6.07) is 3.62. The van der Waals surface area contributed by atoms with Crippen LogP contribution in [0.5, 0.6) is 0 Å². The van der Waals surface area contributed by atoms with E-state index < -0.39 is 0 Å². The van der Waals surface area contributed by atoms with E-state index in [-0.39, 0.29) is 0 Å². The Morgan fingerprint density at radius 1 is 1.26 bits per heavy atom. The summed E-state index contributed by atoms with van der Waals surface area (Å²) in [5.74, 6) is 8.15. The van der Waals surface area contributed by atoms with Crippen LogP contribution in [0, 0.1) is 6.92 Å². The van der Waals surface area contributed by atoms with E-state index in [4.69, 9.17) is 10.3 Å². The Labute approximate surface area is 138 Å². The van der Waals surface area contributed by atoms with Gasteiger partial charge in [0.2, 0.25) is 11.0 Å². The molecule has 0 aliphatic rings. The first-order valence-corrected chi connectivity index (χ1v) is 8.59. The molecule has 0 aliphatic heterocycles. The minimum atomic E-state index is 0.548. The van der Waals surface area contributed by atoms with E-state index in [0.29, 0.717) is 16.7 Å². The Morgan fingerprint density at radius 2 is 2.17 bits per heavy atom. The molecule has 3 heterocycles. The zero-order chi connectivity index (χ0) is 16.1. The lowest BCUT2D eigenvalue weighted by atomic mass is 10.2. The maximum Gasteiger partial charge on any atom is 0.218 e. The monoisotopic (exact) mass is 332 g/mol. The van der Waals surface area contributed by atoms with Crippen LogP contribution in [0.2, 0.25) is 0 Å². The molecule has 2 N–H and O–H groups in total. The molecule has 0 radical (unpaired) electrons. The number of unbranched alkanes of at least 4 members (excludes halogenated alkanes) is 2. The summed E-state index contributed by atoms with van der Waals surface area (Å²) < 4.78 is 8.77. The highest BCUT2D eigenvalue weighted by molar-refractivity contribution is 7.99. The molecular weight excluding hydrogens is 312 g/mol. The molecule has 0 aromatic carbocycles. The smallest absolute Gasteiger partial charge is 0.218 e. The van der Waals surface area contributed by atoms with Gasteiger partial charge in [0.05, 0.1) is 12.5 Å². The third kappa shape index (κ3) is 3.95. The standard InChI is InChI=1S/C15H20N6OS/c1-12-10-17-20(11-12)7-3-2-4-9-23-15-19-18-14(21(15)16)13-6-5-8-22-13/h5-6,8,10-11H,2-4,7,9,16H2,1H3. The maximum absolute atomic E-state index is 6.01. The zero-order valence-corrected chi connectivity index (χ0v) is 13.9. The van der Waals surface area contributed by atoms with Gasteiger partial charge in [0.25, 0.3) is 0 Å². The number of rotatable bonds is 8. The average Bonchev–Trinajstić information content (AvgIpc) is 3.25. The topological polar surface area (TPSA) is 87.7 Å². The number of hydrogen-bond donors (Lipinski definition) is 1. The number of furan rings is 1. The van der Waals surface area contributed by atoms with Gasteiger partial charge in [-0.2, -0.15) is 5.10 Å². The fraction of sp³-hybridized carbons (Fsp3) is 0.400. The lowest BCUT2D eigenvalue weighted by molar-refractivity contribution is 0.554. The first-order chi connectivity index (χ1) is 11.2. The minimum absolute atomic E-state index is 0.548. The van der Waals surface area contributed by atoms with Gasteiger partial charge >= 0.3 is 0 Å². The van der Waals surface area contributed by atoms with Crippen molar-refractivity contribution in [3.05, 3.63) is 36.4 Å². The number of nitrogen functional groups attached to an aromatic ring is 1. The molecule has 23 heavy (non-hydrogen) atoms. The second kappa shape index (κ2) is 7.36. The number of hydrogen-bond acceptors (Lipinski definition) is 6. The third-order valence-corrected chi connectivity index (χ3v) is 4.46. The molecule has 0 amide bonds. The predicted molar refractivity (Wildman–Crippen MR) is 89.4 cm³/mol. The molecule has 0 fully saturated rings. The lowest BCUT2D eigenvalue weighted by Crippen LogP contribution is -2.11. The summed E-state index contributed by atoms with van der Waals surface area (Å²) in [6.07, 6.45) is 8.93. The SMILES string of the molecule is Cc1cnn(CCCCCSc2nnc(-c3ccco3)n2N)c1. The van der Waals surface area contributed by atoms with Crippen LogP contribution >= 0.6 is 11.8 Å². The van der Waals surface area contributed by atoms with Crippen LogP contribution in [0.3, 0.4) is 0 Å². The third-order valence-electron chi connectivity index (χ3n) is 3.43. The summed E-state index contributed by atoms with van der Waals surface area (Å²) in [7, 11) is 0. The van der Waals surface area contributed by atoms with E-state index in [1.807, 2.05) is 16.9 Å². The van der Waals surface area contributed by atoms with Crippen molar-refractivity contribution in [3.63, 3.8) is 0 Å². The first kappa shape index (κ1) is 15.7. The Hall–Kier alpha value is -2.22. The van der Waals surface area contributed by atoms with Crippen molar-refractivity contribution in [1.82, 2.24) is 24.7 Å². The van der Waals surface area contributed by atoms with Gasteiger partial charge in [0.15, 0.2) is 5.76 Å². The molecule has 3 aromatic heterocycles. The van der Waals surface area contributed by atoms with Crippen molar-refractivity contribution >= 4 is 11.8 Å². The Balaban J connectivity index is 1.39. The highest BCUT2D eigenvalue weighted by Crippen LogP contribution is 2.22. The fourth-order valence-corrected chi connectivity index (χ4v) is 3.11. The van der Waals surface area contributed by atoms with E-state index in [1.54, 1.807) is 24.1 Å². The van der Waals surface area contributed by atoms with Gasteiger partial charge in [-0.3, -0.25) is 4.68 Å². The van der Waals surface area contributed by atoms with E-state index in [2.05, 4.69) is 28.4 Å². The van der Waals surface area contributed by atoms with Gasteiger partial charge in [-0.15, -0.1) is 10.2 Å². The summed E-state index contributed by atoms with van der Waals surface area (Å²) >= 11 is 1.62. The molecule has 3 aromatic rings. The number of thioether (sulfide) groups is 1. The average molecular weight is 332 g/mol. The Morgan fingerprint density at radius 3 is 2.91 bits per heavy atom. The first-order valence-electron chi connectivity index (χ1n) is 7.60. The number of aromatic nitrogens is 5. The molecule has 7 nitrogen and oxygen atoms in total. The quantitative estimate of drug-likeness (QED) is 0.388. The van der Waals surface area contributed by atoms with Crippen LogP contribution in [-0.4, -0.2) is 30.4 Å². The molecule has 8 heteroatoms. The summed E-state index contributed by atoms with van der Waals surface area (Å²) in [5.41, 5.74) is 1.20. The van der Waals surface area contributed by atoms with Crippen molar-refractivity contribution in [2.45, 2.75) is 37.9 Å². The number of aryl methyl sites for hydroxylation is 2. The molecule has 0 bridgehead atoms. The normalized spacial score (nSPS) is 11.2. The Bertz CT molecular complexity index is 733. The second-order valence-corrected chi connectivity index (χ2v) is 6.41. The summed E-state index contributed by atoms with van der Waals surface area (Å²) in [4.78, 5) is 0. The summed E-state index contributed by atoms with van der Waals surface area (Å²) in [5, 5.41) is 13.2. The molecule has 0 aliphatic carbocycles. The molecule has 3 rings (SSSR count). The maximum atomic E-state index is 6.01. The zero-order valence-electron chi connectivity index (χ0n) is 13.1. The molecule has 0 saturated carbocycles. The number of nitrogens with two attached hydrogens (primary N) is 1. The van der Waals surface area contributed by atoms with Gasteiger partial charge in [-0.05, 0) is 37.5 Å². The van der Waals surface area contributed by atoms with Crippen LogP contribution in [0.1, 0.15) is 24.8 Å². The fourth-order valence-electron chi connectivity index (χ4n) is 2.25.